The summed E-state index contributed by atoms with van der Waals surface area (Å²) in [6, 6.07) is 7.31. The lowest BCUT2D eigenvalue weighted by Gasteiger charge is -2.42. The standard InChI is InChI=1S/C27H28ClN7O4S/c1-13-8-29-22-21-17-4-7-20(32-18(17)5-6-19(21)40-23(22)24(36)31-13)39-25-16(9-30-26(28)33-25)12-34-10-14(2)35(27(37)38)15(3)11-34/h4-7,9,13-15,29H,8,10-12H2,1-3H3,(H,31,36)(H,37,38)/t13-,14-,15+/m1/s1. The summed E-state index contributed by atoms with van der Waals surface area (Å²) in [6.45, 7) is 8.01. The quantitative estimate of drug-likeness (QED) is 0.291. The first kappa shape index (κ1) is 26.5. The van der Waals surface area contributed by atoms with E-state index >= 15 is 0 Å². The molecule has 3 atom stereocenters. The van der Waals surface area contributed by atoms with Crippen molar-refractivity contribution >= 4 is 61.6 Å². The highest BCUT2D eigenvalue weighted by Gasteiger charge is 2.33. The summed E-state index contributed by atoms with van der Waals surface area (Å²) in [7, 11) is 0. The van der Waals surface area contributed by atoms with Gasteiger partial charge in [0.05, 0.1) is 11.2 Å². The van der Waals surface area contributed by atoms with Gasteiger partial charge < -0.3 is 25.4 Å². The molecule has 40 heavy (non-hydrogen) atoms. The lowest BCUT2D eigenvalue weighted by Crippen LogP contribution is -2.57. The van der Waals surface area contributed by atoms with Crippen molar-refractivity contribution in [2.75, 3.05) is 25.0 Å². The second kappa shape index (κ2) is 10.3. The Morgan fingerprint density at radius 3 is 2.70 bits per heavy atom. The van der Waals surface area contributed by atoms with E-state index in [4.69, 9.17) is 21.3 Å². The van der Waals surface area contributed by atoms with E-state index in [-0.39, 0.29) is 29.3 Å². The molecule has 0 aliphatic carbocycles. The molecule has 4 aromatic rings. The molecule has 0 saturated carbocycles. The molecule has 3 N–H and O–H groups in total. The summed E-state index contributed by atoms with van der Waals surface area (Å²) in [5, 5.41) is 17.9. The summed E-state index contributed by atoms with van der Waals surface area (Å²) in [5.74, 6) is 0.572. The van der Waals surface area contributed by atoms with Gasteiger partial charge in [-0.25, -0.2) is 14.8 Å². The zero-order chi connectivity index (χ0) is 28.1. The molecule has 2 amide bonds. The molecule has 1 aromatic carbocycles. The topological polar surface area (TPSA) is 133 Å². The highest BCUT2D eigenvalue weighted by atomic mass is 35.5. The summed E-state index contributed by atoms with van der Waals surface area (Å²) in [4.78, 5) is 41.9. The number of carbonyl (C=O) groups is 2. The van der Waals surface area contributed by atoms with Crippen molar-refractivity contribution < 1.29 is 19.4 Å². The number of rotatable bonds is 4. The van der Waals surface area contributed by atoms with Gasteiger partial charge in [-0.1, -0.05) is 0 Å². The van der Waals surface area contributed by atoms with Crippen LogP contribution in [0.3, 0.4) is 0 Å². The molecule has 11 nitrogen and oxygen atoms in total. The van der Waals surface area contributed by atoms with Crippen molar-refractivity contribution in [1.82, 2.24) is 30.1 Å². The summed E-state index contributed by atoms with van der Waals surface area (Å²) >= 11 is 7.59. The SMILES string of the molecule is C[C@@H]1CNc2c(sc3ccc4nc(Oc5nc(Cl)ncc5CN5C[C@@H](C)N(C(=O)O)[C@@H](C)C5)ccc4c23)C(=O)N1. The van der Waals surface area contributed by atoms with E-state index < -0.39 is 6.09 Å². The van der Waals surface area contributed by atoms with Crippen LogP contribution in [-0.2, 0) is 6.54 Å². The van der Waals surface area contributed by atoms with Gasteiger partial charge >= 0.3 is 6.09 Å². The Morgan fingerprint density at radius 1 is 1.18 bits per heavy atom. The van der Waals surface area contributed by atoms with E-state index in [1.807, 2.05) is 39.0 Å². The highest BCUT2D eigenvalue weighted by Crippen LogP contribution is 2.41. The van der Waals surface area contributed by atoms with Gasteiger partial charge in [0.1, 0.15) is 4.88 Å². The molecule has 0 spiro atoms. The van der Waals surface area contributed by atoms with Crippen molar-refractivity contribution in [2.24, 2.45) is 0 Å². The van der Waals surface area contributed by atoms with Gasteiger partial charge in [0.15, 0.2) is 0 Å². The van der Waals surface area contributed by atoms with Crippen LogP contribution in [0.4, 0.5) is 10.5 Å². The second-order valence-electron chi connectivity index (χ2n) is 10.4. The molecular weight excluding hydrogens is 554 g/mol. The number of pyridine rings is 1. The molecular formula is C27H28ClN7O4S. The first-order valence-corrected chi connectivity index (χ1v) is 14.2. The minimum atomic E-state index is -0.912. The number of carbonyl (C=O) groups excluding carboxylic acids is 1. The maximum absolute atomic E-state index is 12.7. The number of hydrogen-bond acceptors (Lipinski definition) is 9. The van der Waals surface area contributed by atoms with Crippen LogP contribution in [0.1, 0.15) is 36.0 Å². The van der Waals surface area contributed by atoms with Crippen LogP contribution in [0.15, 0.2) is 30.5 Å². The Kier molecular flexibility index (Phi) is 6.85. The molecule has 13 heteroatoms. The predicted octanol–water partition coefficient (Wildman–Crippen LogP) is 4.80. The maximum atomic E-state index is 12.7. The molecule has 5 heterocycles. The molecule has 6 rings (SSSR count). The van der Waals surface area contributed by atoms with Crippen LogP contribution in [0.25, 0.3) is 21.0 Å². The van der Waals surface area contributed by atoms with Crippen LogP contribution in [0.2, 0.25) is 5.28 Å². The number of nitrogens with zero attached hydrogens (tertiary/aromatic N) is 5. The Morgan fingerprint density at radius 2 is 1.95 bits per heavy atom. The number of benzene rings is 1. The van der Waals surface area contributed by atoms with Crippen LogP contribution < -0.4 is 15.4 Å². The van der Waals surface area contributed by atoms with Gasteiger partial charge in [0.2, 0.25) is 17.0 Å². The molecule has 1 saturated heterocycles. The lowest BCUT2D eigenvalue weighted by molar-refractivity contribution is 0.0377. The molecule has 1 fully saturated rings. The van der Waals surface area contributed by atoms with Crippen LogP contribution in [0.5, 0.6) is 11.8 Å². The fraction of sp³-hybridized carbons (Fsp3) is 0.370. The Bertz CT molecular complexity index is 1630. The van der Waals surface area contributed by atoms with Crippen molar-refractivity contribution in [3.8, 4) is 11.8 Å². The minimum absolute atomic E-state index is 0.0246. The molecule has 0 unspecified atom stereocenters. The number of thiophene rings is 1. The van der Waals surface area contributed by atoms with E-state index in [0.29, 0.717) is 42.8 Å². The maximum Gasteiger partial charge on any atom is 0.407 e. The minimum Gasteiger partial charge on any atom is -0.465 e. The van der Waals surface area contributed by atoms with Crippen LogP contribution in [0, 0.1) is 0 Å². The average Bonchev–Trinajstić information content (AvgIpc) is 3.21. The van der Waals surface area contributed by atoms with Crippen molar-refractivity contribution in [3.63, 3.8) is 0 Å². The molecule has 0 bridgehead atoms. The molecule has 208 valence electrons. The van der Waals surface area contributed by atoms with Crippen LogP contribution >= 0.6 is 22.9 Å². The van der Waals surface area contributed by atoms with Gasteiger partial charge in [-0.2, -0.15) is 4.98 Å². The third-order valence-corrected chi connectivity index (χ3v) is 8.61. The number of hydrogen-bond donors (Lipinski definition) is 3. The number of amides is 2. The smallest absolute Gasteiger partial charge is 0.407 e. The Labute approximate surface area is 239 Å². The number of fused-ring (bicyclic) bond motifs is 5. The number of piperazine rings is 1. The van der Waals surface area contributed by atoms with Gasteiger partial charge in [0, 0.05) is 77.6 Å². The Hall–Kier alpha value is -3.74. The van der Waals surface area contributed by atoms with E-state index in [1.54, 1.807) is 12.3 Å². The van der Waals surface area contributed by atoms with Crippen molar-refractivity contribution in [1.29, 1.82) is 0 Å². The number of aromatic nitrogens is 3. The summed E-state index contributed by atoms with van der Waals surface area (Å²) in [5.41, 5.74) is 2.27. The van der Waals surface area contributed by atoms with E-state index in [2.05, 4.69) is 25.5 Å². The summed E-state index contributed by atoms with van der Waals surface area (Å²) in [6.07, 6.45) is 0.720. The second-order valence-corrected chi connectivity index (χ2v) is 11.8. The molecule has 0 radical (unpaired) electrons. The number of halogens is 1. The first-order valence-electron chi connectivity index (χ1n) is 13.0. The third kappa shape index (κ3) is 4.87. The number of anilines is 1. The molecule has 2 aliphatic rings. The molecule has 3 aromatic heterocycles. The highest BCUT2D eigenvalue weighted by molar-refractivity contribution is 7.21. The lowest BCUT2D eigenvalue weighted by atomic mass is 10.1. The number of carboxylic acid groups (broad SMARTS) is 1. The van der Waals surface area contributed by atoms with Gasteiger partial charge in [0.25, 0.3) is 5.91 Å². The summed E-state index contributed by atoms with van der Waals surface area (Å²) < 4.78 is 7.16. The van der Waals surface area contributed by atoms with E-state index in [1.165, 1.54) is 16.2 Å². The normalized spacial score (nSPS) is 21.6. The fourth-order valence-electron chi connectivity index (χ4n) is 5.61. The monoisotopic (exact) mass is 581 g/mol. The zero-order valence-corrected chi connectivity index (χ0v) is 23.7. The largest absolute Gasteiger partial charge is 0.465 e. The van der Waals surface area contributed by atoms with Gasteiger partial charge in [-0.05, 0) is 50.6 Å². The van der Waals surface area contributed by atoms with E-state index in [0.717, 1.165) is 32.2 Å². The third-order valence-electron chi connectivity index (χ3n) is 7.27. The molecule has 2 aliphatic heterocycles. The van der Waals surface area contributed by atoms with Crippen molar-refractivity contribution in [2.45, 2.75) is 45.4 Å². The van der Waals surface area contributed by atoms with Crippen molar-refractivity contribution in [3.05, 3.63) is 46.2 Å². The first-order chi connectivity index (χ1) is 19.2. The zero-order valence-electron chi connectivity index (χ0n) is 22.1. The number of nitrogens with one attached hydrogen (secondary N) is 2. The van der Waals surface area contributed by atoms with E-state index in [9.17, 15) is 14.7 Å². The van der Waals surface area contributed by atoms with Crippen LogP contribution in [-0.4, -0.2) is 79.6 Å². The predicted molar refractivity (Wildman–Crippen MR) is 154 cm³/mol. The Balaban J connectivity index is 1.29. The van der Waals surface area contributed by atoms with Gasteiger partial charge in [-0.3, -0.25) is 9.69 Å². The fourth-order valence-corrected chi connectivity index (χ4v) is 6.83. The average molecular weight is 582 g/mol. The van der Waals surface area contributed by atoms with Gasteiger partial charge in [-0.15, -0.1) is 11.3 Å². The number of ether oxygens (including phenoxy) is 1.